The summed E-state index contributed by atoms with van der Waals surface area (Å²) in [5, 5.41) is 25.0. The molecule has 11 heavy (non-hydrogen) atoms. The van der Waals surface area contributed by atoms with Crippen molar-refractivity contribution < 1.29 is 29.6 Å². The van der Waals surface area contributed by atoms with Crippen LogP contribution in [0.15, 0.2) is 0 Å². The van der Waals surface area contributed by atoms with Crippen molar-refractivity contribution >= 4 is 11.9 Å². The van der Waals surface area contributed by atoms with E-state index in [4.69, 9.17) is 15.3 Å². The van der Waals surface area contributed by atoms with E-state index >= 15 is 0 Å². The summed E-state index contributed by atoms with van der Waals surface area (Å²) in [7, 11) is 1.00. The average Bonchev–Trinajstić information content (AvgIpc) is 1.88. The summed E-state index contributed by atoms with van der Waals surface area (Å²) in [4.78, 5) is 20.1. The van der Waals surface area contributed by atoms with Crippen molar-refractivity contribution in [2.24, 2.45) is 0 Å². The molecule has 2 unspecified atom stereocenters. The van der Waals surface area contributed by atoms with Gasteiger partial charge < -0.3 is 20.1 Å². The Hall–Kier alpha value is -1.14. The van der Waals surface area contributed by atoms with Crippen LogP contribution < -0.4 is 0 Å². The van der Waals surface area contributed by atoms with Crippen LogP contribution in [0, 0.1) is 0 Å². The van der Waals surface area contributed by atoms with Crippen molar-refractivity contribution in [3.8, 4) is 0 Å². The Morgan fingerprint density at radius 2 is 1.73 bits per heavy atom. The summed E-state index contributed by atoms with van der Waals surface area (Å²) < 4.78 is 4.20. The van der Waals surface area contributed by atoms with Gasteiger partial charge in [-0.1, -0.05) is 0 Å². The number of hydrogen-bond donors (Lipinski definition) is 3. The van der Waals surface area contributed by atoms with Crippen LogP contribution in [-0.4, -0.2) is 46.6 Å². The van der Waals surface area contributed by atoms with Gasteiger partial charge in [0.15, 0.2) is 12.2 Å². The third kappa shape index (κ3) is 2.52. The fourth-order valence-electron chi connectivity index (χ4n) is 0.494. The molecule has 0 aliphatic carbocycles. The number of aliphatic hydroxyl groups is 1. The van der Waals surface area contributed by atoms with E-state index in [0.29, 0.717) is 0 Å². The van der Waals surface area contributed by atoms with Crippen LogP contribution in [0.1, 0.15) is 0 Å². The molecule has 6 heteroatoms. The lowest BCUT2D eigenvalue weighted by Gasteiger charge is -2.12. The van der Waals surface area contributed by atoms with E-state index in [2.05, 4.69) is 4.74 Å². The van der Waals surface area contributed by atoms with Crippen LogP contribution in [0.25, 0.3) is 0 Å². The fourth-order valence-corrected chi connectivity index (χ4v) is 0.494. The Bertz CT molecular complexity index is 164. The van der Waals surface area contributed by atoms with Crippen LogP contribution in [0.5, 0.6) is 0 Å². The fraction of sp³-hybridized carbons (Fsp3) is 0.600. The molecule has 0 fully saturated rings. The molecular weight excluding hydrogens is 156 g/mol. The molecule has 0 saturated heterocycles. The van der Waals surface area contributed by atoms with Gasteiger partial charge in [0, 0.05) is 7.11 Å². The quantitative estimate of drug-likeness (QED) is 0.468. The topological polar surface area (TPSA) is 104 Å². The van der Waals surface area contributed by atoms with Gasteiger partial charge in [0.05, 0.1) is 0 Å². The van der Waals surface area contributed by atoms with Crippen LogP contribution >= 0.6 is 0 Å². The maximum absolute atomic E-state index is 10.1. The van der Waals surface area contributed by atoms with Gasteiger partial charge in [-0.15, -0.1) is 0 Å². The summed E-state index contributed by atoms with van der Waals surface area (Å²) in [5.41, 5.74) is 0. The number of carboxylic acid groups (broad SMARTS) is 2. The molecular formula is C5H8O6. The summed E-state index contributed by atoms with van der Waals surface area (Å²) in [6.45, 7) is 0. The minimum atomic E-state index is -2.03. The Morgan fingerprint density at radius 3 is 1.82 bits per heavy atom. The highest BCUT2D eigenvalue weighted by Gasteiger charge is 2.31. The van der Waals surface area contributed by atoms with Crippen LogP contribution in [-0.2, 0) is 14.3 Å². The molecule has 0 aliphatic heterocycles. The van der Waals surface area contributed by atoms with Crippen molar-refractivity contribution in [3.63, 3.8) is 0 Å². The molecule has 6 nitrogen and oxygen atoms in total. The highest BCUT2D eigenvalue weighted by molar-refractivity contribution is 5.83. The number of hydrogen-bond acceptors (Lipinski definition) is 4. The molecule has 0 aliphatic rings. The van der Waals surface area contributed by atoms with E-state index in [1.54, 1.807) is 0 Å². The zero-order chi connectivity index (χ0) is 9.02. The van der Waals surface area contributed by atoms with Crippen molar-refractivity contribution in [2.75, 3.05) is 7.11 Å². The summed E-state index contributed by atoms with van der Waals surface area (Å²) in [6.07, 6.45) is -3.75. The monoisotopic (exact) mass is 164 g/mol. The molecule has 0 rings (SSSR count). The molecule has 0 aromatic rings. The number of carboxylic acids is 2. The van der Waals surface area contributed by atoms with E-state index in [-0.39, 0.29) is 0 Å². The Balaban J connectivity index is 4.25. The number of carbonyl (C=O) groups is 2. The van der Waals surface area contributed by atoms with E-state index in [0.717, 1.165) is 7.11 Å². The van der Waals surface area contributed by atoms with Crippen molar-refractivity contribution in [1.82, 2.24) is 0 Å². The van der Waals surface area contributed by atoms with Crippen molar-refractivity contribution in [3.05, 3.63) is 0 Å². The highest BCUT2D eigenvalue weighted by atomic mass is 16.5. The van der Waals surface area contributed by atoms with Gasteiger partial charge in [0.1, 0.15) is 0 Å². The van der Waals surface area contributed by atoms with E-state index in [9.17, 15) is 9.59 Å². The van der Waals surface area contributed by atoms with Gasteiger partial charge in [-0.05, 0) is 0 Å². The first-order chi connectivity index (χ1) is 5.00. The summed E-state index contributed by atoms with van der Waals surface area (Å²) in [6, 6.07) is 0. The number of ether oxygens (including phenoxy) is 1. The maximum atomic E-state index is 10.1. The summed E-state index contributed by atoms with van der Waals surface area (Å²) >= 11 is 0. The zero-order valence-electron chi connectivity index (χ0n) is 5.72. The maximum Gasteiger partial charge on any atom is 0.336 e. The highest BCUT2D eigenvalue weighted by Crippen LogP contribution is 1.98. The molecule has 0 aromatic carbocycles. The lowest BCUT2D eigenvalue weighted by Crippen LogP contribution is -2.40. The molecule has 3 N–H and O–H groups in total. The number of aliphatic carboxylic acids is 2. The largest absolute Gasteiger partial charge is 0.479 e. The van der Waals surface area contributed by atoms with Crippen molar-refractivity contribution in [1.29, 1.82) is 0 Å². The first-order valence-corrected chi connectivity index (χ1v) is 2.67. The minimum absolute atomic E-state index is 1.00. The molecule has 0 aromatic heterocycles. The minimum Gasteiger partial charge on any atom is -0.479 e. The normalized spacial score (nSPS) is 15.5. The van der Waals surface area contributed by atoms with Gasteiger partial charge >= 0.3 is 11.9 Å². The van der Waals surface area contributed by atoms with E-state index in [1.807, 2.05) is 0 Å². The Kier molecular flexibility index (Phi) is 3.49. The van der Waals surface area contributed by atoms with Crippen LogP contribution in [0.3, 0.4) is 0 Å². The molecule has 0 amide bonds. The molecule has 64 valence electrons. The van der Waals surface area contributed by atoms with Crippen LogP contribution in [0.2, 0.25) is 0 Å². The van der Waals surface area contributed by atoms with E-state index < -0.39 is 24.1 Å². The van der Waals surface area contributed by atoms with Crippen molar-refractivity contribution in [2.45, 2.75) is 12.2 Å². The molecule has 0 spiro atoms. The molecule has 0 saturated carbocycles. The van der Waals surface area contributed by atoms with Gasteiger partial charge in [0.25, 0.3) is 0 Å². The number of aliphatic hydroxyl groups excluding tert-OH is 1. The molecule has 0 heterocycles. The number of rotatable bonds is 4. The van der Waals surface area contributed by atoms with E-state index in [1.165, 1.54) is 0 Å². The second-order valence-corrected chi connectivity index (χ2v) is 1.78. The lowest BCUT2D eigenvalue weighted by molar-refractivity contribution is -0.168. The molecule has 0 radical (unpaired) electrons. The van der Waals surface area contributed by atoms with Gasteiger partial charge in [-0.25, -0.2) is 9.59 Å². The van der Waals surface area contributed by atoms with Gasteiger partial charge in [-0.2, -0.15) is 0 Å². The standard InChI is InChI=1S/C5H8O6/c1-11-3(5(9)10)2(6)4(7)8/h2-3,6H,1H3,(H,7,8)(H,9,10). The first kappa shape index (κ1) is 9.86. The van der Waals surface area contributed by atoms with Gasteiger partial charge in [-0.3, -0.25) is 0 Å². The average molecular weight is 164 g/mol. The third-order valence-electron chi connectivity index (χ3n) is 1.04. The summed E-state index contributed by atoms with van der Waals surface area (Å²) in [5.74, 6) is -3.14. The Labute approximate surface area is 62.0 Å². The predicted molar refractivity (Wildman–Crippen MR) is 32.1 cm³/mol. The molecule has 0 bridgehead atoms. The molecule has 2 atom stereocenters. The lowest BCUT2D eigenvalue weighted by atomic mass is 10.2. The predicted octanol–water partition coefficient (Wildman–Crippen LogP) is -1.47. The first-order valence-electron chi connectivity index (χ1n) is 2.67. The SMILES string of the molecule is COC(C(=O)O)C(O)C(=O)O. The van der Waals surface area contributed by atoms with Gasteiger partial charge in [0.2, 0.25) is 0 Å². The number of methoxy groups -OCH3 is 1. The second kappa shape index (κ2) is 3.89. The van der Waals surface area contributed by atoms with Crippen LogP contribution in [0.4, 0.5) is 0 Å². The second-order valence-electron chi connectivity index (χ2n) is 1.78. The third-order valence-corrected chi connectivity index (χ3v) is 1.04. The Morgan fingerprint density at radius 1 is 1.27 bits per heavy atom. The smallest absolute Gasteiger partial charge is 0.336 e. The zero-order valence-corrected chi connectivity index (χ0v) is 5.72.